The molecule has 72 valence electrons. The maximum absolute atomic E-state index is 5.74. The molecule has 0 amide bonds. The number of aromatic nitrogens is 1. The molecule has 0 fully saturated rings. The van der Waals surface area contributed by atoms with E-state index in [1.54, 1.807) is 0 Å². The second-order valence-electron chi connectivity index (χ2n) is 4.19. The fourth-order valence-electron chi connectivity index (χ4n) is 1.09. The second-order valence-corrected chi connectivity index (χ2v) is 4.19. The minimum absolute atomic E-state index is 0.0429. The molecule has 0 aliphatic heterocycles. The molecule has 0 saturated heterocycles. The van der Waals surface area contributed by atoms with E-state index in [-0.39, 0.29) is 5.41 Å². The lowest BCUT2D eigenvalue weighted by atomic mass is 9.91. The zero-order chi connectivity index (χ0) is 10.1. The van der Waals surface area contributed by atoms with Crippen molar-refractivity contribution in [2.24, 2.45) is 5.73 Å². The standard InChI is InChI=1S/C10H17N3/c1-10(2,3)8-5-4-7(6-11)9(12)13-8/h4-5H,6,11H2,1-3H3,(H2,12,13). The van der Waals surface area contributed by atoms with Crippen molar-refractivity contribution in [2.75, 3.05) is 5.73 Å². The zero-order valence-electron chi connectivity index (χ0n) is 8.46. The molecule has 1 aromatic heterocycles. The second kappa shape index (κ2) is 3.34. The van der Waals surface area contributed by atoms with Crippen molar-refractivity contribution in [3.63, 3.8) is 0 Å². The van der Waals surface area contributed by atoms with E-state index < -0.39 is 0 Å². The van der Waals surface area contributed by atoms with Crippen LogP contribution in [0.15, 0.2) is 12.1 Å². The van der Waals surface area contributed by atoms with Crippen LogP contribution in [0.3, 0.4) is 0 Å². The first-order chi connectivity index (χ1) is 5.95. The Morgan fingerprint density at radius 1 is 1.31 bits per heavy atom. The van der Waals surface area contributed by atoms with Crippen LogP contribution in [-0.2, 0) is 12.0 Å². The highest BCUT2D eigenvalue weighted by atomic mass is 14.9. The maximum atomic E-state index is 5.74. The molecule has 0 spiro atoms. The van der Waals surface area contributed by atoms with Crippen LogP contribution in [0.1, 0.15) is 32.0 Å². The van der Waals surface area contributed by atoms with Crippen molar-refractivity contribution in [3.05, 3.63) is 23.4 Å². The lowest BCUT2D eigenvalue weighted by molar-refractivity contribution is 0.569. The van der Waals surface area contributed by atoms with Crippen LogP contribution >= 0.6 is 0 Å². The molecular formula is C10H17N3. The normalized spacial score (nSPS) is 11.7. The topological polar surface area (TPSA) is 64.9 Å². The molecule has 0 aromatic carbocycles. The summed E-state index contributed by atoms with van der Waals surface area (Å²) >= 11 is 0. The smallest absolute Gasteiger partial charge is 0.128 e. The van der Waals surface area contributed by atoms with E-state index in [1.165, 1.54) is 0 Å². The van der Waals surface area contributed by atoms with Crippen molar-refractivity contribution in [3.8, 4) is 0 Å². The highest BCUT2D eigenvalue weighted by molar-refractivity contribution is 5.41. The number of hydrogen-bond donors (Lipinski definition) is 2. The monoisotopic (exact) mass is 179 g/mol. The molecule has 13 heavy (non-hydrogen) atoms. The van der Waals surface area contributed by atoms with Gasteiger partial charge in [-0.1, -0.05) is 26.8 Å². The predicted molar refractivity (Wildman–Crippen MR) is 55.2 cm³/mol. The third kappa shape index (κ3) is 2.18. The van der Waals surface area contributed by atoms with Gasteiger partial charge in [-0.2, -0.15) is 0 Å². The molecule has 0 atom stereocenters. The largest absolute Gasteiger partial charge is 0.383 e. The van der Waals surface area contributed by atoms with Crippen LogP contribution in [0.4, 0.5) is 5.82 Å². The summed E-state index contributed by atoms with van der Waals surface area (Å²) in [6.45, 7) is 6.77. The molecule has 0 aliphatic carbocycles. The molecule has 0 aliphatic rings. The van der Waals surface area contributed by atoms with Gasteiger partial charge in [0, 0.05) is 23.2 Å². The van der Waals surface area contributed by atoms with Gasteiger partial charge >= 0.3 is 0 Å². The Morgan fingerprint density at radius 2 is 1.92 bits per heavy atom. The third-order valence-electron chi connectivity index (χ3n) is 2.00. The molecule has 0 radical (unpaired) electrons. The Morgan fingerprint density at radius 3 is 2.31 bits per heavy atom. The van der Waals surface area contributed by atoms with Crippen LogP contribution in [0.25, 0.3) is 0 Å². The Balaban J connectivity index is 3.10. The van der Waals surface area contributed by atoms with Crippen molar-refractivity contribution in [2.45, 2.75) is 32.7 Å². The van der Waals surface area contributed by atoms with Gasteiger partial charge in [-0.05, 0) is 6.07 Å². The molecule has 3 heteroatoms. The average Bonchev–Trinajstić information content (AvgIpc) is 2.02. The zero-order valence-corrected chi connectivity index (χ0v) is 8.46. The quantitative estimate of drug-likeness (QED) is 0.685. The van der Waals surface area contributed by atoms with E-state index in [1.807, 2.05) is 12.1 Å². The number of nitrogen functional groups attached to an aromatic ring is 1. The van der Waals surface area contributed by atoms with Crippen molar-refractivity contribution in [1.82, 2.24) is 4.98 Å². The minimum Gasteiger partial charge on any atom is -0.383 e. The summed E-state index contributed by atoms with van der Waals surface area (Å²) in [5.74, 6) is 0.551. The minimum atomic E-state index is 0.0429. The van der Waals surface area contributed by atoms with E-state index in [2.05, 4.69) is 25.8 Å². The summed E-state index contributed by atoms with van der Waals surface area (Å²) in [5.41, 5.74) is 13.2. The number of nitrogens with two attached hydrogens (primary N) is 2. The predicted octanol–water partition coefficient (Wildman–Crippen LogP) is 1.42. The van der Waals surface area contributed by atoms with E-state index in [0.29, 0.717) is 12.4 Å². The van der Waals surface area contributed by atoms with E-state index in [4.69, 9.17) is 11.5 Å². The van der Waals surface area contributed by atoms with Crippen LogP contribution in [0.5, 0.6) is 0 Å². The first kappa shape index (κ1) is 9.99. The van der Waals surface area contributed by atoms with Gasteiger partial charge in [0.25, 0.3) is 0 Å². The van der Waals surface area contributed by atoms with Gasteiger partial charge in [-0.3, -0.25) is 0 Å². The van der Waals surface area contributed by atoms with Gasteiger partial charge in [0.15, 0.2) is 0 Å². The molecule has 0 saturated carbocycles. The van der Waals surface area contributed by atoms with Crippen LogP contribution in [-0.4, -0.2) is 4.98 Å². The molecule has 1 rings (SSSR count). The van der Waals surface area contributed by atoms with Crippen molar-refractivity contribution < 1.29 is 0 Å². The molecule has 1 heterocycles. The molecular weight excluding hydrogens is 162 g/mol. The van der Waals surface area contributed by atoms with Gasteiger partial charge in [0.05, 0.1) is 0 Å². The Hall–Kier alpha value is -1.09. The molecule has 3 nitrogen and oxygen atoms in total. The summed E-state index contributed by atoms with van der Waals surface area (Å²) < 4.78 is 0. The Bertz CT molecular complexity index is 300. The molecule has 0 bridgehead atoms. The van der Waals surface area contributed by atoms with Crippen molar-refractivity contribution >= 4 is 5.82 Å². The van der Waals surface area contributed by atoms with Crippen LogP contribution < -0.4 is 11.5 Å². The number of anilines is 1. The van der Waals surface area contributed by atoms with Crippen LogP contribution in [0, 0.1) is 0 Å². The number of pyridine rings is 1. The Labute approximate surface area is 79.2 Å². The molecule has 4 N–H and O–H groups in total. The van der Waals surface area contributed by atoms with E-state index >= 15 is 0 Å². The van der Waals surface area contributed by atoms with E-state index in [9.17, 15) is 0 Å². The number of hydrogen-bond acceptors (Lipinski definition) is 3. The summed E-state index contributed by atoms with van der Waals surface area (Å²) in [5, 5.41) is 0. The number of nitrogens with zero attached hydrogens (tertiary/aromatic N) is 1. The van der Waals surface area contributed by atoms with E-state index in [0.717, 1.165) is 11.3 Å². The summed E-state index contributed by atoms with van der Waals surface area (Å²) in [7, 11) is 0. The highest BCUT2D eigenvalue weighted by Crippen LogP contribution is 2.22. The summed E-state index contributed by atoms with van der Waals surface area (Å²) in [6.07, 6.45) is 0. The fraction of sp³-hybridized carbons (Fsp3) is 0.500. The third-order valence-corrected chi connectivity index (χ3v) is 2.00. The summed E-state index contributed by atoms with van der Waals surface area (Å²) in [4.78, 5) is 4.31. The Kier molecular flexibility index (Phi) is 2.57. The van der Waals surface area contributed by atoms with Crippen LogP contribution in [0.2, 0.25) is 0 Å². The average molecular weight is 179 g/mol. The molecule has 0 unspecified atom stereocenters. The van der Waals surface area contributed by atoms with Gasteiger partial charge in [0.2, 0.25) is 0 Å². The highest BCUT2D eigenvalue weighted by Gasteiger charge is 2.15. The summed E-state index contributed by atoms with van der Waals surface area (Å²) in [6, 6.07) is 3.93. The van der Waals surface area contributed by atoms with Gasteiger partial charge in [0.1, 0.15) is 5.82 Å². The maximum Gasteiger partial charge on any atom is 0.128 e. The SMILES string of the molecule is CC(C)(C)c1ccc(CN)c(N)n1. The van der Waals surface area contributed by atoms with Gasteiger partial charge in [-0.15, -0.1) is 0 Å². The van der Waals surface area contributed by atoms with Gasteiger partial charge < -0.3 is 11.5 Å². The lowest BCUT2D eigenvalue weighted by Gasteiger charge is -2.18. The fourth-order valence-corrected chi connectivity index (χ4v) is 1.09. The first-order valence-corrected chi connectivity index (χ1v) is 4.41. The van der Waals surface area contributed by atoms with Crippen molar-refractivity contribution in [1.29, 1.82) is 0 Å². The number of rotatable bonds is 1. The first-order valence-electron chi connectivity index (χ1n) is 4.41. The lowest BCUT2D eigenvalue weighted by Crippen LogP contribution is -2.15. The van der Waals surface area contributed by atoms with Gasteiger partial charge in [-0.25, -0.2) is 4.98 Å². The molecule has 1 aromatic rings.